The van der Waals surface area contributed by atoms with Gasteiger partial charge in [0.2, 0.25) is 0 Å². The van der Waals surface area contributed by atoms with Crippen LogP contribution >= 0.6 is 11.6 Å². The molecule has 0 unspecified atom stereocenters. The summed E-state index contributed by atoms with van der Waals surface area (Å²) < 4.78 is 18.1. The molecule has 0 heterocycles. The molecule has 0 bridgehead atoms. The normalized spacial score (nSPS) is 10.3. The molecule has 5 heteroatoms. The molecule has 0 aromatic heterocycles. The van der Waals surface area contributed by atoms with E-state index >= 15 is 0 Å². The number of ether oxygens (including phenoxy) is 1. The Morgan fingerprint density at radius 1 is 1.26 bits per heavy atom. The molecule has 2 aromatic carbocycles. The number of methoxy groups -OCH3 is 1. The molecule has 2 rings (SSSR count). The summed E-state index contributed by atoms with van der Waals surface area (Å²) in [6, 6.07) is 9.05. The number of rotatable bonds is 4. The minimum absolute atomic E-state index is 0.0495. The Hall–Kier alpha value is -1.94. The molecule has 0 saturated heterocycles. The van der Waals surface area contributed by atoms with Gasteiger partial charge >= 0.3 is 0 Å². The lowest BCUT2D eigenvalue weighted by molar-refractivity contribution is 0.415. The van der Waals surface area contributed by atoms with E-state index in [2.05, 4.69) is 5.32 Å². The van der Waals surface area contributed by atoms with Gasteiger partial charge in [-0.25, -0.2) is 4.39 Å². The number of benzene rings is 2. The number of halogens is 2. The van der Waals surface area contributed by atoms with Crippen LogP contribution in [-0.4, -0.2) is 12.2 Å². The summed E-state index contributed by atoms with van der Waals surface area (Å²) in [7, 11) is 1.54. The highest BCUT2D eigenvalue weighted by molar-refractivity contribution is 6.32. The third-order valence-electron chi connectivity index (χ3n) is 2.68. The quantitative estimate of drug-likeness (QED) is 0.895. The molecular weight excluding hydrogens is 269 g/mol. The van der Waals surface area contributed by atoms with Crippen LogP contribution in [0.4, 0.5) is 10.1 Å². The Kier molecular flexibility index (Phi) is 4.12. The lowest BCUT2D eigenvalue weighted by atomic mass is 10.2. The predicted molar refractivity (Wildman–Crippen MR) is 73.4 cm³/mol. The average molecular weight is 282 g/mol. The zero-order chi connectivity index (χ0) is 13.8. The largest absolute Gasteiger partial charge is 0.508 e. The van der Waals surface area contributed by atoms with Gasteiger partial charge in [0.15, 0.2) is 0 Å². The first-order valence-corrected chi connectivity index (χ1v) is 6.03. The lowest BCUT2D eigenvalue weighted by Crippen LogP contribution is -2.00. The maximum atomic E-state index is 13.1. The first kappa shape index (κ1) is 13.5. The number of anilines is 1. The van der Waals surface area contributed by atoms with Crippen molar-refractivity contribution in [3.8, 4) is 11.5 Å². The first-order chi connectivity index (χ1) is 9.10. The molecule has 0 aliphatic heterocycles. The molecule has 0 saturated carbocycles. The molecule has 0 atom stereocenters. The molecule has 0 aliphatic rings. The van der Waals surface area contributed by atoms with Crippen LogP contribution in [0.2, 0.25) is 5.02 Å². The van der Waals surface area contributed by atoms with Gasteiger partial charge in [-0.05, 0) is 36.4 Å². The van der Waals surface area contributed by atoms with Crippen LogP contribution in [0, 0.1) is 5.82 Å². The van der Waals surface area contributed by atoms with E-state index in [-0.39, 0.29) is 11.6 Å². The maximum absolute atomic E-state index is 13.1. The van der Waals surface area contributed by atoms with Crippen molar-refractivity contribution in [1.82, 2.24) is 0 Å². The van der Waals surface area contributed by atoms with E-state index in [1.807, 2.05) is 0 Å². The minimum atomic E-state index is -0.387. The van der Waals surface area contributed by atoms with E-state index in [4.69, 9.17) is 16.3 Å². The van der Waals surface area contributed by atoms with Crippen molar-refractivity contribution in [2.75, 3.05) is 12.4 Å². The van der Waals surface area contributed by atoms with Crippen molar-refractivity contribution < 1.29 is 14.2 Å². The second-order valence-electron chi connectivity index (χ2n) is 3.98. The Morgan fingerprint density at radius 2 is 2.05 bits per heavy atom. The minimum Gasteiger partial charge on any atom is -0.508 e. The molecule has 0 amide bonds. The highest BCUT2D eigenvalue weighted by Gasteiger charge is 2.05. The fourth-order valence-corrected chi connectivity index (χ4v) is 1.93. The lowest BCUT2D eigenvalue weighted by Gasteiger charge is -2.10. The zero-order valence-corrected chi connectivity index (χ0v) is 11.0. The highest BCUT2D eigenvalue weighted by Crippen LogP contribution is 2.28. The Morgan fingerprint density at radius 3 is 2.74 bits per heavy atom. The number of nitrogens with one attached hydrogen (secondary N) is 1. The van der Waals surface area contributed by atoms with Crippen molar-refractivity contribution in [2.24, 2.45) is 0 Å². The molecule has 0 radical (unpaired) electrons. The van der Waals surface area contributed by atoms with E-state index in [1.165, 1.54) is 18.2 Å². The smallest absolute Gasteiger partial charge is 0.137 e. The van der Waals surface area contributed by atoms with Crippen LogP contribution in [0.25, 0.3) is 0 Å². The second kappa shape index (κ2) is 5.80. The molecule has 0 fully saturated rings. The van der Waals surface area contributed by atoms with E-state index in [1.54, 1.807) is 25.3 Å². The van der Waals surface area contributed by atoms with Crippen LogP contribution in [0.3, 0.4) is 0 Å². The van der Waals surface area contributed by atoms with Gasteiger partial charge in [-0.3, -0.25) is 0 Å². The molecule has 2 N–H and O–H groups in total. The predicted octanol–water partition coefficient (Wildman–Crippen LogP) is 3.81. The number of hydrogen-bond acceptors (Lipinski definition) is 3. The molecule has 0 aliphatic carbocycles. The Bertz CT molecular complexity index is 590. The standard InChI is InChI=1S/C14H13ClFNO2/c1-19-14-5-3-11(7-12(14)15)17-8-9-6-10(16)2-4-13(9)18/h2-7,17-18H,8H2,1H3. The van der Waals surface area contributed by atoms with E-state index < -0.39 is 0 Å². The fourth-order valence-electron chi connectivity index (χ4n) is 1.67. The maximum Gasteiger partial charge on any atom is 0.137 e. The Balaban J connectivity index is 2.10. The van der Waals surface area contributed by atoms with Crippen LogP contribution in [0.15, 0.2) is 36.4 Å². The fraction of sp³-hybridized carbons (Fsp3) is 0.143. The van der Waals surface area contributed by atoms with E-state index in [9.17, 15) is 9.50 Å². The van der Waals surface area contributed by atoms with Gasteiger partial charge in [0.1, 0.15) is 17.3 Å². The van der Waals surface area contributed by atoms with E-state index in [0.717, 1.165) is 5.69 Å². The van der Waals surface area contributed by atoms with Gasteiger partial charge in [0.25, 0.3) is 0 Å². The van der Waals surface area contributed by atoms with Gasteiger partial charge in [-0.15, -0.1) is 0 Å². The molecule has 0 spiro atoms. The first-order valence-electron chi connectivity index (χ1n) is 5.65. The molecule has 100 valence electrons. The summed E-state index contributed by atoms with van der Waals surface area (Å²) in [4.78, 5) is 0. The summed E-state index contributed by atoms with van der Waals surface area (Å²) in [6.07, 6.45) is 0. The van der Waals surface area contributed by atoms with Crippen molar-refractivity contribution >= 4 is 17.3 Å². The monoisotopic (exact) mass is 281 g/mol. The van der Waals surface area contributed by atoms with Gasteiger partial charge in [-0.1, -0.05) is 11.6 Å². The van der Waals surface area contributed by atoms with Crippen LogP contribution in [0.1, 0.15) is 5.56 Å². The van der Waals surface area contributed by atoms with Crippen LogP contribution in [-0.2, 0) is 6.54 Å². The van der Waals surface area contributed by atoms with Crippen molar-refractivity contribution in [2.45, 2.75) is 6.54 Å². The number of aromatic hydroxyl groups is 1. The summed E-state index contributed by atoms with van der Waals surface area (Å²) in [5.74, 6) is 0.247. The summed E-state index contributed by atoms with van der Waals surface area (Å²) in [6.45, 7) is 0.298. The van der Waals surface area contributed by atoms with Crippen molar-refractivity contribution in [3.63, 3.8) is 0 Å². The molecule has 3 nitrogen and oxygen atoms in total. The zero-order valence-electron chi connectivity index (χ0n) is 10.3. The molecule has 19 heavy (non-hydrogen) atoms. The van der Waals surface area contributed by atoms with Gasteiger partial charge < -0.3 is 15.2 Å². The van der Waals surface area contributed by atoms with Crippen LogP contribution < -0.4 is 10.1 Å². The third-order valence-corrected chi connectivity index (χ3v) is 2.97. The molecular formula is C14H13ClFNO2. The topological polar surface area (TPSA) is 41.5 Å². The highest BCUT2D eigenvalue weighted by atomic mass is 35.5. The SMILES string of the molecule is COc1ccc(NCc2cc(F)ccc2O)cc1Cl. The summed E-state index contributed by atoms with van der Waals surface area (Å²) in [5, 5.41) is 13.1. The van der Waals surface area contributed by atoms with Crippen molar-refractivity contribution in [1.29, 1.82) is 0 Å². The van der Waals surface area contributed by atoms with Crippen LogP contribution in [0.5, 0.6) is 11.5 Å². The van der Waals surface area contributed by atoms with Gasteiger partial charge in [0, 0.05) is 17.8 Å². The second-order valence-corrected chi connectivity index (χ2v) is 4.38. The third kappa shape index (κ3) is 3.29. The van der Waals surface area contributed by atoms with Crippen molar-refractivity contribution in [3.05, 3.63) is 52.8 Å². The van der Waals surface area contributed by atoms with Gasteiger partial charge in [0.05, 0.1) is 12.1 Å². The molecule has 2 aromatic rings. The average Bonchev–Trinajstić information content (AvgIpc) is 2.40. The number of phenolic OH excluding ortho intramolecular Hbond substituents is 1. The van der Waals surface area contributed by atoms with Gasteiger partial charge in [-0.2, -0.15) is 0 Å². The number of phenols is 1. The summed E-state index contributed by atoms with van der Waals surface area (Å²) in [5.41, 5.74) is 1.24. The van der Waals surface area contributed by atoms with E-state index in [0.29, 0.717) is 22.9 Å². The summed E-state index contributed by atoms with van der Waals surface area (Å²) >= 11 is 5.99. The number of hydrogen-bond donors (Lipinski definition) is 2. The Labute approximate surface area is 115 Å².